The maximum Gasteiger partial charge on any atom is 0.258 e. The van der Waals surface area contributed by atoms with Crippen LogP contribution in [-0.4, -0.2) is 29.3 Å². The van der Waals surface area contributed by atoms with Crippen molar-refractivity contribution in [3.05, 3.63) is 78.1 Å². The second-order valence-corrected chi connectivity index (χ2v) is 6.82. The quantitative estimate of drug-likeness (QED) is 0.524. The van der Waals surface area contributed by atoms with Gasteiger partial charge in [0.15, 0.2) is 11.5 Å². The Bertz CT molecular complexity index is 1250. The third-order valence-corrected chi connectivity index (χ3v) is 4.70. The number of amides is 1. The summed E-state index contributed by atoms with van der Waals surface area (Å²) in [6.07, 6.45) is 0. The summed E-state index contributed by atoms with van der Waals surface area (Å²) in [6.45, 7) is 0.940. The lowest BCUT2D eigenvalue weighted by molar-refractivity contribution is 0.102. The summed E-state index contributed by atoms with van der Waals surface area (Å²) in [5, 5.41) is 6.85. The zero-order valence-corrected chi connectivity index (χ0v) is 16.2. The van der Waals surface area contributed by atoms with Crippen LogP contribution < -0.4 is 14.8 Å². The van der Waals surface area contributed by atoms with Crippen LogP contribution in [0.1, 0.15) is 10.4 Å². The molecule has 0 saturated carbocycles. The zero-order chi connectivity index (χ0) is 21.2. The summed E-state index contributed by atoms with van der Waals surface area (Å²) < 4.78 is 29.4. The first kappa shape index (κ1) is 18.8. The Morgan fingerprint density at radius 2 is 1.71 bits per heavy atom. The second kappa shape index (κ2) is 7.91. The molecule has 31 heavy (non-hydrogen) atoms. The maximum absolute atomic E-state index is 13.1. The Balaban J connectivity index is 1.35. The Morgan fingerprint density at radius 1 is 0.903 bits per heavy atom. The van der Waals surface area contributed by atoms with Crippen molar-refractivity contribution in [1.29, 1.82) is 0 Å². The number of halogens is 1. The predicted molar refractivity (Wildman–Crippen MR) is 111 cm³/mol. The molecule has 2 heterocycles. The van der Waals surface area contributed by atoms with Gasteiger partial charge in [-0.05, 0) is 54.6 Å². The molecule has 0 radical (unpaired) electrons. The van der Waals surface area contributed by atoms with Crippen LogP contribution >= 0.6 is 0 Å². The molecule has 3 aromatic carbocycles. The molecule has 0 saturated heterocycles. The van der Waals surface area contributed by atoms with Gasteiger partial charge in [0.25, 0.3) is 11.8 Å². The van der Waals surface area contributed by atoms with Crippen LogP contribution in [0.3, 0.4) is 0 Å². The number of carbonyl (C=O) groups is 1. The van der Waals surface area contributed by atoms with Crippen molar-refractivity contribution in [2.45, 2.75) is 0 Å². The fourth-order valence-corrected chi connectivity index (χ4v) is 3.17. The minimum atomic E-state index is -0.343. The van der Waals surface area contributed by atoms with E-state index in [4.69, 9.17) is 14.0 Å². The molecule has 1 aliphatic rings. The minimum Gasteiger partial charge on any atom is -0.486 e. The molecule has 1 aliphatic heterocycles. The lowest BCUT2D eigenvalue weighted by Crippen LogP contribution is -2.17. The van der Waals surface area contributed by atoms with Crippen LogP contribution in [0.15, 0.2) is 71.3 Å². The highest BCUT2D eigenvalue weighted by atomic mass is 19.1. The van der Waals surface area contributed by atoms with E-state index < -0.39 is 0 Å². The number of hydrogen-bond acceptors (Lipinski definition) is 6. The standard InChI is InChI=1S/C23H16FN3O4/c24-17-7-4-14(5-8-17)23-26-21(27-31-23)15-2-1-3-18(12-15)25-22(28)16-6-9-19-20(13-16)30-11-10-29-19/h1-9,12-13H,10-11H2,(H,25,28). The number of anilines is 1. The lowest BCUT2D eigenvalue weighted by atomic mass is 10.1. The SMILES string of the molecule is O=C(Nc1cccc(-c2noc(-c3ccc(F)cc3)n2)c1)c1ccc2c(c1)OCCO2. The number of nitrogens with zero attached hydrogens (tertiary/aromatic N) is 2. The molecule has 0 fully saturated rings. The molecular weight excluding hydrogens is 401 g/mol. The molecule has 5 rings (SSSR count). The van der Waals surface area contributed by atoms with Crippen molar-refractivity contribution in [1.82, 2.24) is 10.1 Å². The summed E-state index contributed by atoms with van der Waals surface area (Å²) in [4.78, 5) is 17.0. The fourth-order valence-electron chi connectivity index (χ4n) is 3.17. The van der Waals surface area contributed by atoms with E-state index in [0.29, 0.717) is 52.9 Å². The molecule has 154 valence electrons. The van der Waals surface area contributed by atoms with Gasteiger partial charge in [0, 0.05) is 22.4 Å². The molecular formula is C23H16FN3O4. The molecule has 4 aromatic rings. The molecule has 1 amide bonds. The van der Waals surface area contributed by atoms with Crippen molar-refractivity contribution < 1.29 is 23.2 Å². The Hall–Kier alpha value is -4.20. The maximum atomic E-state index is 13.1. The van der Waals surface area contributed by atoms with Gasteiger partial charge in [-0.1, -0.05) is 17.3 Å². The first-order valence-corrected chi connectivity index (χ1v) is 9.57. The number of fused-ring (bicyclic) bond motifs is 1. The summed E-state index contributed by atoms with van der Waals surface area (Å²) in [6, 6.07) is 17.9. The largest absolute Gasteiger partial charge is 0.486 e. The van der Waals surface area contributed by atoms with Gasteiger partial charge >= 0.3 is 0 Å². The molecule has 0 unspecified atom stereocenters. The van der Waals surface area contributed by atoms with Crippen molar-refractivity contribution >= 4 is 11.6 Å². The molecule has 0 atom stereocenters. The number of rotatable bonds is 4. The van der Waals surface area contributed by atoms with E-state index in [0.717, 1.165) is 0 Å². The van der Waals surface area contributed by atoms with Crippen LogP contribution in [0.25, 0.3) is 22.8 Å². The van der Waals surface area contributed by atoms with Crippen molar-refractivity contribution in [3.8, 4) is 34.3 Å². The van der Waals surface area contributed by atoms with Gasteiger partial charge in [0.1, 0.15) is 19.0 Å². The molecule has 1 aromatic heterocycles. The van der Waals surface area contributed by atoms with Gasteiger partial charge in [-0.2, -0.15) is 4.98 Å². The molecule has 0 aliphatic carbocycles. The number of hydrogen-bond donors (Lipinski definition) is 1. The number of carbonyl (C=O) groups excluding carboxylic acids is 1. The third kappa shape index (κ3) is 3.95. The molecule has 0 spiro atoms. The van der Waals surface area contributed by atoms with Gasteiger partial charge in [-0.25, -0.2) is 4.39 Å². The average Bonchev–Trinajstić information content (AvgIpc) is 3.30. The van der Waals surface area contributed by atoms with Crippen molar-refractivity contribution in [3.63, 3.8) is 0 Å². The fraction of sp³-hybridized carbons (Fsp3) is 0.0870. The number of nitrogens with one attached hydrogen (secondary N) is 1. The van der Waals surface area contributed by atoms with E-state index in [-0.39, 0.29) is 17.6 Å². The monoisotopic (exact) mass is 417 g/mol. The molecule has 0 bridgehead atoms. The van der Waals surface area contributed by atoms with E-state index >= 15 is 0 Å². The van der Waals surface area contributed by atoms with Gasteiger partial charge in [0.05, 0.1) is 0 Å². The van der Waals surface area contributed by atoms with Gasteiger partial charge in [-0.3, -0.25) is 4.79 Å². The van der Waals surface area contributed by atoms with Crippen molar-refractivity contribution in [2.75, 3.05) is 18.5 Å². The number of ether oxygens (including phenoxy) is 2. The minimum absolute atomic E-state index is 0.278. The topological polar surface area (TPSA) is 86.5 Å². The van der Waals surface area contributed by atoms with Gasteiger partial charge in [-0.15, -0.1) is 0 Å². The first-order valence-electron chi connectivity index (χ1n) is 9.57. The summed E-state index contributed by atoms with van der Waals surface area (Å²) >= 11 is 0. The third-order valence-electron chi connectivity index (χ3n) is 4.70. The Labute approximate surface area is 176 Å². The van der Waals surface area contributed by atoms with Crippen molar-refractivity contribution in [2.24, 2.45) is 0 Å². The second-order valence-electron chi connectivity index (χ2n) is 6.82. The highest BCUT2D eigenvalue weighted by molar-refractivity contribution is 6.04. The first-order chi connectivity index (χ1) is 15.2. The van der Waals surface area contributed by atoms with E-state index in [1.54, 1.807) is 54.6 Å². The van der Waals surface area contributed by atoms with E-state index in [9.17, 15) is 9.18 Å². The molecule has 8 heteroatoms. The number of aromatic nitrogens is 2. The highest BCUT2D eigenvalue weighted by Crippen LogP contribution is 2.31. The average molecular weight is 417 g/mol. The zero-order valence-electron chi connectivity index (χ0n) is 16.2. The van der Waals surface area contributed by atoms with Crippen LogP contribution in [0.4, 0.5) is 10.1 Å². The smallest absolute Gasteiger partial charge is 0.258 e. The molecule has 7 nitrogen and oxygen atoms in total. The lowest BCUT2D eigenvalue weighted by Gasteiger charge is -2.18. The Morgan fingerprint density at radius 3 is 2.55 bits per heavy atom. The summed E-state index contributed by atoms with van der Waals surface area (Å²) in [7, 11) is 0. The summed E-state index contributed by atoms with van der Waals surface area (Å²) in [5.41, 5.74) is 2.30. The van der Waals surface area contributed by atoms with E-state index in [1.807, 2.05) is 0 Å². The number of benzene rings is 3. The van der Waals surface area contributed by atoms with Crippen LogP contribution in [0.2, 0.25) is 0 Å². The normalized spacial score (nSPS) is 12.4. The van der Waals surface area contributed by atoms with Gasteiger partial charge < -0.3 is 19.3 Å². The molecule has 1 N–H and O–H groups in total. The van der Waals surface area contributed by atoms with Crippen LogP contribution in [-0.2, 0) is 0 Å². The van der Waals surface area contributed by atoms with Crippen LogP contribution in [0, 0.1) is 5.82 Å². The summed E-state index contributed by atoms with van der Waals surface area (Å²) in [5.74, 6) is 1.18. The van der Waals surface area contributed by atoms with E-state index in [1.165, 1.54) is 12.1 Å². The Kier molecular flexibility index (Phi) is 4.80. The highest BCUT2D eigenvalue weighted by Gasteiger charge is 2.16. The van der Waals surface area contributed by atoms with Gasteiger partial charge in [0.2, 0.25) is 5.82 Å². The predicted octanol–water partition coefficient (Wildman–Crippen LogP) is 4.57. The van der Waals surface area contributed by atoms with E-state index in [2.05, 4.69) is 15.5 Å². The van der Waals surface area contributed by atoms with Crippen LogP contribution in [0.5, 0.6) is 11.5 Å².